The van der Waals surface area contributed by atoms with Crippen molar-refractivity contribution in [2.24, 2.45) is 5.92 Å². The fourth-order valence-electron chi connectivity index (χ4n) is 5.08. The molecule has 0 N–H and O–H groups in total. The van der Waals surface area contributed by atoms with Gasteiger partial charge in [0.1, 0.15) is 12.4 Å². The second kappa shape index (κ2) is 9.97. The molecule has 3 aromatic carbocycles. The third kappa shape index (κ3) is 4.83. The highest BCUT2D eigenvalue weighted by Gasteiger charge is 2.29. The molecule has 0 aliphatic carbocycles. The molecular weight excluding hydrogens is 493 g/mol. The number of fused-ring (bicyclic) bond motifs is 1. The van der Waals surface area contributed by atoms with Crippen LogP contribution in [-0.2, 0) is 27.8 Å². The van der Waals surface area contributed by atoms with Gasteiger partial charge >= 0.3 is 5.69 Å². The number of para-hydroxylation sites is 2. The van der Waals surface area contributed by atoms with E-state index in [2.05, 4.69) is 12.1 Å². The maximum atomic E-state index is 13.9. The van der Waals surface area contributed by atoms with E-state index in [1.54, 1.807) is 30.0 Å². The summed E-state index contributed by atoms with van der Waals surface area (Å²) in [4.78, 5) is 28.1. The van der Waals surface area contributed by atoms with E-state index in [0.29, 0.717) is 34.1 Å². The van der Waals surface area contributed by atoms with Gasteiger partial charge in [-0.2, -0.15) is 3.97 Å². The van der Waals surface area contributed by atoms with Crippen LogP contribution in [-0.4, -0.2) is 40.9 Å². The van der Waals surface area contributed by atoms with E-state index in [9.17, 15) is 22.4 Å². The Hall–Kier alpha value is -3.72. The summed E-state index contributed by atoms with van der Waals surface area (Å²) in [6, 6.07) is 20.1. The second-order valence-electron chi connectivity index (χ2n) is 9.55. The zero-order valence-electron chi connectivity index (χ0n) is 20.5. The summed E-state index contributed by atoms with van der Waals surface area (Å²) in [6.45, 7) is 2.45. The number of carbonyl (C=O) groups excluding carboxylic acids is 1. The Labute approximate surface area is 214 Å². The molecule has 5 rings (SSSR count). The van der Waals surface area contributed by atoms with Crippen LogP contribution in [0.4, 0.5) is 4.39 Å². The van der Waals surface area contributed by atoms with Crippen LogP contribution in [0.2, 0.25) is 0 Å². The molecule has 9 heteroatoms. The lowest BCUT2D eigenvalue weighted by Gasteiger charge is -2.32. The van der Waals surface area contributed by atoms with Gasteiger partial charge in [0, 0.05) is 13.1 Å². The van der Waals surface area contributed by atoms with Crippen LogP contribution < -0.4 is 5.69 Å². The number of hydrogen-bond acceptors (Lipinski definition) is 4. The molecule has 4 aromatic rings. The van der Waals surface area contributed by atoms with Crippen LogP contribution >= 0.6 is 0 Å². The summed E-state index contributed by atoms with van der Waals surface area (Å²) in [7, 11) is -4.41. The number of imidazole rings is 1. The fraction of sp³-hybridized carbons (Fsp3) is 0.286. The van der Waals surface area contributed by atoms with Crippen molar-refractivity contribution >= 4 is 27.0 Å². The Morgan fingerprint density at radius 1 is 0.946 bits per heavy atom. The van der Waals surface area contributed by atoms with E-state index in [1.165, 1.54) is 28.3 Å². The minimum absolute atomic E-state index is 0.144. The largest absolute Gasteiger partial charge is 0.343 e. The van der Waals surface area contributed by atoms with Crippen LogP contribution in [0, 0.1) is 18.7 Å². The van der Waals surface area contributed by atoms with Gasteiger partial charge in [-0.25, -0.2) is 17.6 Å². The van der Waals surface area contributed by atoms with Gasteiger partial charge in [-0.3, -0.25) is 9.36 Å². The molecule has 2 heterocycles. The molecule has 1 aromatic heterocycles. The van der Waals surface area contributed by atoms with Crippen molar-refractivity contribution in [3.05, 3.63) is 100 Å². The summed E-state index contributed by atoms with van der Waals surface area (Å²) in [6.07, 6.45) is 2.70. The lowest BCUT2D eigenvalue weighted by molar-refractivity contribution is -0.133. The molecule has 37 heavy (non-hydrogen) atoms. The van der Waals surface area contributed by atoms with Crippen molar-refractivity contribution < 1.29 is 17.6 Å². The number of carbonyl (C=O) groups is 1. The number of aromatic nitrogens is 2. The number of hydrogen-bond donors (Lipinski definition) is 0. The zero-order valence-corrected chi connectivity index (χ0v) is 21.3. The number of rotatable bonds is 6. The molecule has 0 atom stereocenters. The van der Waals surface area contributed by atoms with Crippen LogP contribution in [0.25, 0.3) is 11.0 Å². The molecule has 0 unspecified atom stereocenters. The van der Waals surface area contributed by atoms with Gasteiger partial charge in [0.05, 0.1) is 15.9 Å². The number of likely N-dealkylation sites (tertiary alicyclic amines) is 1. The van der Waals surface area contributed by atoms with Crippen LogP contribution in [0.3, 0.4) is 0 Å². The molecule has 7 nitrogen and oxygen atoms in total. The van der Waals surface area contributed by atoms with E-state index in [-0.39, 0.29) is 22.9 Å². The Morgan fingerprint density at radius 2 is 1.59 bits per heavy atom. The quantitative estimate of drug-likeness (QED) is 0.385. The molecular formula is C28H28FN3O4S. The SMILES string of the molecule is Cc1ccc(F)cc1S(=O)(=O)n1c(=O)n(CC(=O)N2CCC(Cc3ccccc3)CC2)c2ccccc21. The normalized spacial score (nSPS) is 14.8. The van der Waals surface area contributed by atoms with Crippen molar-refractivity contribution in [3.8, 4) is 0 Å². The minimum atomic E-state index is -4.41. The highest BCUT2D eigenvalue weighted by Crippen LogP contribution is 2.24. The van der Waals surface area contributed by atoms with E-state index in [1.807, 2.05) is 18.2 Å². The molecule has 192 valence electrons. The van der Waals surface area contributed by atoms with Crippen molar-refractivity contribution in [3.63, 3.8) is 0 Å². The van der Waals surface area contributed by atoms with Gasteiger partial charge in [-0.15, -0.1) is 0 Å². The van der Waals surface area contributed by atoms with E-state index in [4.69, 9.17) is 0 Å². The third-order valence-corrected chi connectivity index (χ3v) is 8.92. The molecule has 1 fully saturated rings. The second-order valence-corrected chi connectivity index (χ2v) is 11.3. The van der Waals surface area contributed by atoms with Crippen molar-refractivity contribution in [2.75, 3.05) is 13.1 Å². The van der Waals surface area contributed by atoms with Gasteiger partial charge in [0.25, 0.3) is 10.0 Å². The maximum absolute atomic E-state index is 13.9. The van der Waals surface area contributed by atoms with E-state index in [0.717, 1.165) is 25.3 Å². The molecule has 0 saturated carbocycles. The highest BCUT2D eigenvalue weighted by atomic mass is 32.2. The number of aryl methyl sites for hydroxylation is 1. The standard InChI is InChI=1S/C28H28FN3O4S/c1-20-11-12-23(29)18-26(20)37(35,36)32-25-10-6-5-9-24(25)31(28(32)34)19-27(33)30-15-13-22(14-16-30)17-21-7-3-2-4-8-21/h2-12,18,22H,13-17,19H2,1H3. The summed E-state index contributed by atoms with van der Waals surface area (Å²) in [5.74, 6) is -0.468. The van der Waals surface area contributed by atoms with Crippen LogP contribution in [0.1, 0.15) is 24.0 Å². The number of nitrogens with zero attached hydrogens (tertiary/aromatic N) is 3. The first-order valence-electron chi connectivity index (χ1n) is 12.3. The Bertz CT molecular complexity index is 1620. The molecule has 0 bridgehead atoms. The number of benzene rings is 3. The smallest absolute Gasteiger partial charge is 0.341 e. The first-order chi connectivity index (χ1) is 17.8. The lowest BCUT2D eigenvalue weighted by Crippen LogP contribution is -2.42. The van der Waals surface area contributed by atoms with Crippen LogP contribution in [0.15, 0.2) is 82.5 Å². The Kier molecular flexibility index (Phi) is 6.72. The van der Waals surface area contributed by atoms with Crippen molar-refractivity contribution in [1.29, 1.82) is 0 Å². The summed E-state index contributed by atoms with van der Waals surface area (Å²) in [5, 5.41) is 0. The predicted molar refractivity (Wildman–Crippen MR) is 139 cm³/mol. The molecule has 1 aliphatic rings. The summed E-state index contributed by atoms with van der Waals surface area (Å²) in [5.41, 5.74) is 1.22. The van der Waals surface area contributed by atoms with Crippen molar-refractivity contribution in [2.45, 2.75) is 37.6 Å². The zero-order chi connectivity index (χ0) is 26.2. The van der Waals surface area contributed by atoms with E-state index < -0.39 is 21.5 Å². The minimum Gasteiger partial charge on any atom is -0.341 e. The van der Waals surface area contributed by atoms with Gasteiger partial charge in [-0.05, 0) is 67.5 Å². The van der Waals surface area contributed by atoms with Gasteiger partial charge < -0.3 is 4.90 Å². The van der Waals surface area contributed by atoms with Crippen LogP contribution in [0.5, 0.6) is 0 Å². The van der Waals surface area contributed by atoms with E-state index >= 15 is 0 Å². The Morgan fingerprint density at radius 3 is 2.30 bits per heavy atom. The molecule has 1 amide bonds. The maximum Gasteiger partial charge on any atom is 0.343 e. The number of piperidine rings is 1. The summed E-state index contributed by atoms with van der Waals surface area (Å²) < 4.78 is 42.8. The number of halogens is 1. The number of amides is 1. The topological polar surface area (TPSA) is 81.4 Å². The highest BCUT2D eigenvalue weighted by molar-refractivity contribution is 7.90. The third-order valence-electron chi connectivity index (χ3n) is 7.09. The molecule has 0 spiro atoms. The van der Waals surface area contributed by atoms with Gasteiger partial charge in [-0.1, -0.05) is 48.5 Å². The fourth-order valence-corrected chi connectivity index (χ4v) is 6.73. The van der Waals surface area contributed by atoms with Gasteiger partial charge in [0.15, 0.2) is 0 Å². The average Bonchev–Trinajstić information content (AvgIpc) is 3.18. The Balaban J connectivity index is 1.40. The lowest BCUT2D eigenvalue weighted by atomic mass is 9.90. The first kappa shape index (κ1) is 25.0. The first-order valence-corrected chi connectivity index (χ1v) is 13.7. The summed E-state index contributed by atoms with van der Waals surface area (Å²) >= 11 is 0. The average molecular weight is 522 g/mol. The van der Waals surface area contributed by atoms with Gasteiger partial charge in [0.2, 0.25) is 5.91 Å². The molecule has 1 aliphatic heterocycles. The predicted octanol–water partition coefficient (Wildman–Crippen LogP) is 3.97. The molecule has 1 saturated heterocycles. The molecule has 0 radical (unpaired) electrons. The monoisotopic (exact) mass is 521 g/mol. The van der Waals surface area contributed by atoms with Crippen molar-refractivity contribution in [1.82, 2.24) is 13.4 Å².